The van der Waals surface area contributed by atoms with E-state index in [0.717, 1.165) is 12.0 Å². The fourth-order valence-corrected chi connectivity index (χ4v) is 2.30. The Balaban J connectivity index is 2.42. The maximum Gasteiger partial charge on any atom is 0.328 e. The van der Waals surface area contributed by atoms with E-state index < -0.39 is 40.9 Å². The van der Waals surface area contributed by atoms with Gasteiger partial charge in [-0.15, -0.1) is 0 Å². The molecule has 2 aromatic carbocycles. The molecule has 0 radical (unpaired) electrons. The second-order valence-corrected chi connectivity index (χ2v) is 5.36. The highest BCUT2D eigenvalue weighted by molar-refractivity contribution is 5.97. The van der Waals surface area contributed by atoms with Crippen LogP contribution in [0.15, 0.2) is 42.5 Å². The van der Waals surface area contributed by atoms with Crippen molar-refractivity contribution in [1.29, 1.82) is 0 Å². The van der Waals surface area contributed by atoms with Gasteiger partial charge in [0.25, 0.3) is 5.91 Å². The van der Waals surface area contributed by atoms with Crippen LogP contribution in [0.25, 0.3) is 0 Å². The molecule has 25 heavy (non-hydrogen) atoms. The summed E-state index contributed by atoms with van der Waals surface area (Å²) >= 11 is 0. The lowest BCUT2D eigenvalue weighted by molar-refractivity contribution is -0.145. The zero-order valence-corrected chi connectivity index (χ0v) is 13.6. The number of halogens is 3. The lowest BCUT2D eigenvalue weighted by Crippen LogP contribution is -2.43. The highest BCUT2D eigenvalue weighted by atomic mass is 19.2. The minimum Gasteiger partial charge on any atom is -0.467 e. The van der Waals surface area contributed by atoms with Gasteiger partial charge in [0, 0.05) is 12.6 Å². The van der Waals surface area contributed by atoms with Crippen molar-refractivity contribution in [2.24, 2.45) is 0 Å². The summed E-state index contributed by atoms with van der Waals surface area (Å²) < 4.78 is 45.1. The van der Waals surface area contributed by atoms with E-state index in [1.54, 1.807) is 30.3 Å². The number of methoxy groups -OCH3 is 1. The zero-order chi connectivity index (χ0) is 18.6. The monoisotopic (exact) mass is 351 g/mol. The van der Waals surface area contributed by atoms with E-state index in [9.17, 15) is 22.8 Å². The molecule has 0 fully saturated rings. The van der Waals surface area contributed by atoms with Crippen LogP contribution in [0, 0.1) is 17.5 Å². The first-order chi connectivity index (χ1) is 11.8. The Labute approximate surface area is 142 Å². The van der Waals surface area contributed by atoms with Crippen LogP contribution in [-0.4, -0.2) is 29.9 Å². The number of hydrogen-bond donors (Lipinski definition) is 0. The van der Waals surface area contributed by atoms with E-state index >= 15 is 0 Å². The van der Waals surface area contributed by atoms with Crippen LogP contribution < -0.4 is 0 Å². The zero-order valence-electron chi connectivity index (χ0n) is 13.6. The van der Waals surface area contributed by atoms with Crippen molar-refractivity contribution in [3.8, 4) is 0 Å². The van der Waals surface area contributed by atoms with E-state index in [0.29, 0.717) is 17.7 Å². The third-order valence-electron chi connectivity index (χ3n) is 3.71. The van der Waals surface area contributed by atoms with Gasteiger partial charge < -0.3 is 9.64 Å². The molecule has 0 aliphatic heterocycles. The standard InChI is InChI=1S/C18H16F3NO3/c1-11(18(24)25-2)22(10-12-6-4-3-5-7-12)17(23)13-8-15(20)16(21)9-14(13)19/h3-9,11H,10H2,1-2H3. The first-order valence-electron chi connectivity index (χ1n) is 7.42. The summed E-state index contributed by atoms with van der Waals surface area (Å²) in [5.41, 5.74) is 0.0141. The number of ether oxygens (including phenoxy) is 1. The van der Waals surface area contributed by atoms with Crippen molar-refractivity contribution in [2.75, 3.05) is 7.11 Å². The normalized spacial score (nSPS) is 11.7. The van der Waals surface area contributed by atoms with Crippen molar-refractivity contribution in [3.63, 3.8) is 0 Å². The first kappa shape index (κ1) is 18.5. The summed E-state index contributed by atoms with van der Waals surface area (Å²) in [7, 11) is 1.15. The number of carbonyl (C=O) groups is 2. The van der Waals surface area contributed by atoms with Crippen molar-refractivity contribution in [2.45, 2.75) is 19.5 Å². The van der Waals surface area contributed by atoms with Gasteiger partial charge in [-0.05, 0) is 18.6 Å². The molecule has 0 aliphatic rings. The smallest absolute Gasteiger partial charge is 0.328 e. The Morgan fingerprint density at radius 2 is 1.64 bits per heavy atom. The van der Waals surface area contributed by atoms with E-state index in [1.165, 1.54) is 6.92 Å². The molecule has 0 aromatic heterocycles. The number of esters is 1. The van der Waals surface area contributed by atoms with Gasteiger partial charge in [-0.1, -0.05) is 30.3 Å². The molecule has 1 unspecified atom stereocenters. The van der Waals surface area contributed by atoms with Gasteiger partial charge in [0.05, 0.1) is 12.7 Å². The van der Waals surface area contributed by atoms with Crippen LogP contribution in [0.5, 0.6) is 0 Å². The molecule has 0 aliphatic carbocycles. The molecular weight excluding hydrogens is 335 g/mol. The van der Waals surface area contributed by atoms with Gasteiger partial charge in [0.2, 0.25) is 0 Å². The fraction of sp³-hybridized carbons (Fsp3) is 0.222. The van der Waals surface area contributed by atoms with Crippen LogP contribution in [0.4, 0.5) is 13.2 Å². The molecule has 1 amide bonds. The molecule has 1 atom stereocenters. The molecule has 0 N–H and O–H groups in total. The molecule has 0 bridgehead atoms. The second-order valence-electron chi connectivity index (χ2n) is 5.36. The van der Waals surface area contributed by atoms with Crippen molar-refractivity contribution < 1.29 is 27.5 Å². The Bertz CT molecular complexity index is 781. The second kappa shape index (κ2) is 7.83. The van der Waals surface area contributed by atoms with Crippen LogP contribution >= 0.6 is 0 Å². The predicted octanol–water partition coefficient (Wildman–Crippen LogP) is 3.31. The molecule has 0 saturated heterocycles. The molecule has 0 heterocycles. The summed E-state index contributed by atoms with van der Waals surface area (Å²) in [5, 5.41) is 0. The van der Waals surface area contributed by atoms with Gasteiger partial charge in [0.15, 0.2) is 11.6 Å². The molecule has 7 heteroatoms. The van der Waals surface area contributed by atoms with Crippen LogP contribution in [0.2, 0.25) is 0 Å². The third-order valence-corrected chi connectivity index (χ3v) is 3.71. The van der Waals surface area contributed by atoms with E-state index in [1.807, 2.05) is 0 Å². The lowest BCUT2D eigenvalue weighted by atomic mass is 10.1. The fourth-order valence-electron chi connectivity index (χ4n) is 2.30. The molecular formula is C18H16F3NO3. The SMILES string of the molecule is COC(=O)C(C)N(Cc1ccccc1)C(=O)c1cc(F)c(F)cc1F. The average molecular weight is 351 g/mol. The molecule has 0 spiro atoms. The summed E-state index contributed by atoms with van der Waals surface area (Å²) in [5.74, 6) is -5.62. The van der Waals surface area contributed by atoms with Crippen molar-refractivity contribution in [1.82, 2.24) is 4.90 Å². The van der Waals surface area contributed by atoms with Crippen molar-refractivity contribution in [3.05, 3.63) is 71.0 Å². The first-order valence-corrected chi connectivity index (χ1v) is 7.42. The van der Waals surface area contributed by atoms with Gasteiger partial charge in [-0.3, -0.25) is 4.79 Å². The Kier molecular flexibility index (Phi) is 5.80. The lowest BCUT2D eigenvalue weighted by Gasteiger charge is -2.28. The van der Waals surface area contributed by atoms with Crippen LogP contribution in [0.3, 0.4) is 0 Å². The molecule has 2 rings (SSSR count). The molecule has 0 saturated carbocycles. The van der Waals surface area contributed by atoms with Gasteiger partial charge in [-0.2, -0.15) is 0 Å². The van der Waals surface area contributed by atoms with Gasteiger partial charge in [0.1, 0.15) is 11.9 Å². The van der Waals surface area contributed by atoms with E-state index in [-0.39, 0.29) is 6.54 Å². The van der Waals surface area contributed by atoms with Crippen LogP contribution in [0.1, 0.15) is 22.8 Å². The Morgan fingerprint density at radius 3 is 2.24 bits per heavy atom. The molecule has 132 valence electrons. The van der Waals surface area contributed by atoms with Crippen LogP contribution in [-0.2, 0) is 16.1 Å². The summed E-state index contributed by atoms with van der Waals surface area (Å²) in [6.07, 6.45) is 0. The minimum absolute atomic E-state index is 0.0334. The maximum absolute atomic E-state index is 14.0. The molecule has 4 nitrogen and oxygen atoms in total. The number of amides is 1. The minimum atomic E-state index is -1.40. The number of nitrogens with zero attached hydrogens (tertiary/aromatic N) is 1. The topological polar surface area (TPSA) is 46.6 Å². The largest absolute Gasteiger partial charge is 0.467 e. The highest BCUT2D eigenvalue weighted by Gasteiger charge is 2.30. The van der Waals surface area contributed by atoms with E-state index in [2.05, 4.69) is 4.74 Å². The number of rotatable bonds is 5. The highest BCUT2D eigenvalue weighted by Crippen LogP contribution is 2.19. The van der Waals surface area contributed by atoms with Gasteiger partial charge in [-0.25, -0.2) is 18.0 Å². The summed E-state index contributed by atoms with van der Waals surface area (Å²) in [4.78, 5) is 25.6. The number of carbonyl (C=O) groups excluding carboxylic acids is 2. The average Bonchev–Trinajstić information content (AvgIpc) is 2.61. The quantitative estimate of drug-likeness (QED) is 0.613. The van der Waals surface area contributed by atoms with E-state index in [4.69, 9.17) is 0 Å². The Morgan fingerprint density at radius 1 is 1.04 bits per heavy atom. The third kappa shape index (κ3) is 4.17. The predicted molar refractivity (Wildman–Crippen MR) is 84.1 cm³/mol. The van der Waals surface area contributed by atoms with Gasteiger partial charge >= 0.3 is 5.97 Å². The van der Waals surface area contributed by atoms with Crippen molar-refractivity contribution >= 4 is 11.9 Å². The number of benzene rings is 2. The molecule has 2 aromatic rings. The summed E-state index contributed by atoms with van der Waals surface area (Å²) in [6, 6.07) is 8.40. The Hall–Kier alpha value is -2.83. The summed E-state index contributed by atoms with van der Waals surface area (Å²) in [6.45, 7) is 1.37. The number of hydrogen-bond acceptors (Lipinski definition) is 3. The maximum atomic E-state index is 14.0.